The van der Waals surface area contributed by atoms with E-state index in [0.29, 0.717) is 6.42 Å². The fourth-order valence-electron chi connectivity index (χ4n) is 4.52. The van der Waals surface area contributed by atoms with Crippen molar-refractivity contribution in [1.29, 1.82) is 0 Å². The second-order valence-corrected chi connectivity index (χ2v) is 9.42. The first kappa shape index (κ1) is 27.0. The lowest BCUT2D eigenvalue weighted by Crippen LogP contribution is -2.45. The summed E-state index contributed by atoms with van der Waals surface area (Å²) in [4.78, 5) is 21.0. The standard InChI is InChI=1S/C28H33F3N4O2/c1-3-34-12-14-35(15-13-34)18-23-6-9-24(16-26(23)28(29,30)31)33-27(36)19-37-25-10-7-21(8-11-25)22-5-4-20(2)32-17-22/h4-10,16-17,25H,3,11-15,18-19H2,1-2H3,(H,33,36). The molecule has 2 aromatic rings. The molecule has 0 spiro atoms. The summed E-state index contributed by atoms with van der Waals surface area (Å²) in [6.45, 7) is 8.09. The Morgan fingerprint density at radius 3 is 2.51 bits per heavy atom. The molecule has 6 nitrogen and oxygen atoms in total. The Morgan fingerprint density at radius 2 is 1.89 bits per heavy atom. The first-order valence-electron chi connectivity index (χ1n) is 12.6. The number of carbonyl (C=O) groups excluding carboxylic acids is 1. The van der Waals surface area contributed by atoms with Gasteiger partial charge in [0, 0.05) is 50.3 Å². The van der Waals surface area contributed by atoms with E-state index in [0.717, 1.165) is 55.6 Å². The van der Waals surface area contributed by atoms with Crippen LogP contribution in [0.25, 0.3) is 5.57 Å². The highest BCUT2D eigenvalue weighted by atomic mass is 19.4. The number of carbonyl (C=O) groups is 1. The number of aryl methyl sites for hydroxylation is 1. The predicted molar refractivity (Wildman–Crippen MR) is 138 cm³/mol. The number of nitrogens with one attached hydrogen (secondary N) is 1. The van der Waals surface area contributed by atoms with Gasteiger partial charge in [-0.25, -0.2) is 0 Å². The molecule has 1 saturated heterocycles. The normalized spacial score (nSPS) is 19.1. The van der Waals surface area contributed by atoms with Gasteiger partial charge in [-0.3, -0.25) is 14.7 Å². The highest BCUT2D eigenvalue weighted by molar-refractivity contribution is 5.91. The molecule has 1 fully saturated rings. The summed E-state index contributed by atoms with van der Waals surface area (Å²) in [5.41, 5.74) is 2.58. The van der Waals surface area contributed by atoms with Crippen molar-refractivity contribution in [2.45, 2.75) is 39.1 Å². The molecule has 1 N–H and O–H groups in total. The van der Waals surface area contributed by atoms with Crippen molar-refractivity contribution in [2.24, 2.45) is 0 Å². The van der Waals surface area contributed by atoms with Gasteiger partial charge >= 0.3 is 6.18 Å². The van der Waals surface area contributed by atoms with Crippen LogP contribution in [0, 0.1) is 6.92 Å². The SMILES string of the molecule is CCN1CCN(Cc2ccc(NC(=O)COC3C=CC(c4ccc(C)nc4)=CC3)cc2C(F)(F)F)CC1. The van der Waals surface area contributed by atoms with Gasteiger partial charge in [0.2, 0.25) is 5.91 Å². The minimum absolute atomic E-state index is 0.105. The molecule has 1 aromatic heterocycles. The lowest BCUT2D eigenvalue weighted by atomic mass is 9.99. The molecule has 198 valence electrons. The quantitative estimate of drug-likeness (QED) is 0.542. The highest BCUT2D eigenvalue weighted by Crippen LogP contribution is 2.34. The molecule has 0 saturated carbocycles. The Labute approximate surface area is 215 Å². The molecule has 2 heterocycles. The third-order valence-corrected chi connectivity index (χ3v) is 6.74. The van der Waals surface area contributed by atoms with Gasteiger partial charge in [-0.15, -0.1) is 0 Å². The van der Waals surface area contributed by atoms with Crippen LogP contribution in [0.4, 0.5) is 18.9 Å². The Balaban J connectivity index is 1.31. The van der Waals surface area contributed by atoms with E-state index < -0.39 is 17.6 Å². The van der Waals surface area contributed by atoms with Crippen molar-refractivity contribution in [3.05, 3.63) is 77.1 Å². The zero-order valence-corrected chi connectivity index (χ0v) is 21.2. The van der Waals surface area contributed by atoms with Crippen molar-refractivity contribution in [3.63, 3.8) is 0 Å². The smallest absolute Gasteiger partial charge is 0.364 e. The second-order valence-electron chi connectivity index (χ2n) is 9.42. The van der Waals surface area contributed by atoms with E-state index in [9.17, 15) is 18.0 Å². The highest BCUT2D eigenvalue weighted by Gasteiger charge is 2.34. The van der Waals surface area contributed by atoms with Crippen LogP contribution in [0.3, 0.4) is 0 Å². The summed E-state index contributed by atoms with van der Waals surface area (Å²) in [5, 5.41) is 2.55. The Morgan fingerprint density at radius 1 is 1.14 bits per heavy atom. The molecular formula is C28H33F3N4O2. The summed E-state index contributed by atoms with van der Waals surface area (Å²) in [6, 6.07) is 7.94. The zero-order valence-electron chi connectivity index (χ0n) is 21.2. The molecule has 9 heteroatoms. The lowest BCUT2D eigenvalue weighted by Gasteiger charge is -2.34. The largest absolute Gasteiger partial charge is 0.416 e. The number of alkyl halides is 3. The summed E-state index contributed by atoms with van der Waals surface area (Å²) >= 11 is 0. The number of piperazine rings is 1. The van der Waals surface area contributed by atoms with E-state index in [4.69, 9.17) is 4.74 Å². The van der Waals surface area contributed by atoms with Crippen LogP contribution in [0.2, 0.25) is 0 Å². The monoisotopic (exact) mass is 514 g/mol. The number of amides is 1. The van der Waals surface area contributed by atoms with Gasteiger partial charge in [0.1, 0.15) is 6.61 Å². The minimum atomic E-state index is -4.51. The van der Waals surface area contributed by atoms with Crippen LogP contribution in [0.5, 0.6) is 0 Å². The molecule has 1 unspecified atom stereocenters. The average molecular weight is 515 g/mol. The van der Waals surface area contributed by atoms with E-state index in [1.54, 1.807) is 0 Å². The summed E-state index contributed by atoms with van der Waals surface area (Å²) < 4.78 is 47.1. The third kappa shape index (κ3) is 7.50. The van der Waals surface area contributed by atoms with Crippen molar-refractivity contribution in [2.75, 3.05) is 44.6 Å². The fraction of sp³-hybridized carbons (Fsp3) is 0.429. The van der Waals surface area contributed by atoms with Gasteiger partial charge in [0.15, 0.2) is 0 Å². The number of pyridine rings is 1. The van der Waals surface area contributed by atoms with Gasteiger partial charge < -0.3 is 15.0 Å². The molecule has 1 aliphatic carbocycles. The van der Waals surface area contributed by atoms with Gasteiger partial charge in [-0.2, -0.15) is 13.2 Å². The van der Waals surface area contributed by atoms with Crippen LogP contribution in [-0.2, 0) is 22.3 Å². The van der Waals surface area contributed by atoms with E-state index in [-0.39, 0.29) is 30.5 Å². The first-order valence-corrected chi connectivity index (χ1v) is 12.6. The van der Waals surface area contributed by atoms with Crippen LogP contribution in [0.15, 0.2) is 54.8 Å². The Kier molecular flexibility index (Phi) is 8.79. The minimum Gasteiger partial charge on any atom is -0.364 e. The topological polar surface area (TPSA) is 57.7 Å². The molecular weight excluding hydrogens is 481 g/mol. The van der Waals surface area contributed by atoms with E-state index in [1.807, 2.05) is 48.4 Å². The molecule has 1 atom stereocenters. The number of anilines is 1. The molecule has 1 aromatic carbocycles. The van der Waals surface area contributed by atoms with Gasteiger partial charge in [-0.1, -0.05) is 37.3 Å². The van der Waals surface area contributed by atoms with Crippen molar-refractivity contribution >= 4 is 17.2 Å². The van der Waals surface area contributed by atoms with Crippen LogP contribution in [0.1, 0.15) is 35.7 Å². The molecule has 37 heavy (non-hydrogen) atoms. The maximum Gasteiger partial charge on any atom is 0.416 e. The molecule has 4 rings (SSSR count). The van der Waals surface area contributed by atoms with Crippen LogP contribution in [-0.4, -0.2) is 66.1 Å². The number of benzene rings is 1. The van der Waals surface area contributed by atoms with E-state index >= 15 is 0 Å². The number of hydrogen-bond donors (Lipinski definition) is 1. The van der Waals surface area contributed by atoms with E-state index in [2.05, 4.69) is 22.1 Å². The fourth-order valence-corrected chi connectivity index (χ4v) is 4.52. The molecule has 0 radical (unpaired) electrons. The molecule has 1 amide bonds. The number of likely N-dealkylation sites (N-methyl/N-ethyl adjacent to an activating group) is 1. The maximum atomic E-state index is 13.8. The van der Waals surface area contributed by atoms with Crippen molar-refractivity contribution in [1.82, 2.24) is 14.8 Å². The number of hydrogen-bond acceptors (Lipinski definition) is 5. The predicted octanol–water partition coefficient (Wildman–Crippen LogP) is 4.91. The Bertz CT molecular complexity index is 1140. The first-order chi connectivity index (χ1) is 17.7. The summed E-state index contributed by atoms with van der Waals surface area (Å²) in [5.74, 6) is -0.498. The summed E-state index contributed by atoms with van der Waals surface area (Å²) in [7, 11) is 0. The van der Waals surface area contributed by atoms with Gasteiger partial charge in [0.05, 0.1) is 11.7 Å². The lowest BCUT2D eigenvalue weighted by molar-refractivity contribution is -0.138. The number of nitrogens with zero attached hydrogens (tertiary/aromatic N) is 3. The molecule has 1 aliphatic heterocycles. The van der Waals surface area contributed by atoms with Crippen LogP contribution < -0.4 is 5.32 Å². The van der Waals surface area contributed by atoms with Gasteiger partial charge in [0.25, 0.3) is 0 Å². The average Bonchev–Trinajstić information content (AvgIpc) is 2.89. The van der Waals surface area contributed by atoms with Crippen molar-refractivity contribution < 1.29 is 22.7 Å². The number of aromatic nitrogens is 1. The second kappa shape index (κ2) is 12.0. The molecule has 0 bridgehead atoms. The van der Waals surface area contributed by atoms with Gasteiger partial charge in [-0.05, 0) is 54.8 Å². The van der Waals surface area contributed by atoms with E-state index in [1.165, 1.54) is 12.1 Å². The number of ether oxygens (including phenoxy) is 1. The Hall–Kier alpha value is -3.01. The summed E-state index contributed by atoms with van der Waals surface area (Å²) in [6.07, 6.45) is 3.43. The van der Waals surface area contributed by atoms with Crippen LogP contribution >= 0.6 is 0 Å². The number of halogens is 3. The van der Waals surface area contributed by atoms with Crippen molar-refractivity contribution in [3.8, 4) is 0 Å². The number of allylic oxidation sites excluding steroid dienone is 2. The third-order valence-electron chi connectivity index (χ3n) is 6.74. The zero-order chi connectivity index (χ0) is 26.4. The maximum absolute atomic E-state index is 13.8. The molecule has 2 aliphatic rings. The number of rotatable bonds is 8.